The Balaban J connectivity index is 2.76. The van der Waals surface area contributed by atoms with Crippen LogP contribution < -0.4 is 5.32 Å². The van der Waals surface area contributed by atoms with Crippen LogP contribution in [0.3, 0.4) is 0 Å². The summed E-state index contributed by atoms with van der Waals surface area (Å²) >= 11 is 8.04. The third-order valence-corrected chi connectivity index (χ3v) is 3.69. The van der Waals surface area contributed by atoms with Crippen molar-refractivity contribution in [1.29, 1.82) is 0 Å². The third-order valence-electron chi connectivity index (χ3n) is 2.51. The molecule has 1 aromatic rings. The van der Waals surface area contributed by atoms with Gasteiger partial charge < -0.3 is 10.1 Å². The zero-order chi connectivity index (χ0) is 13.5. The molecule has 0 aromatic heterocycles. The molecule has 0 saturated heterocycles. The van der Waals surface area contributed by atoms with E-state index in [-0.39, 0.29) is 11.9 Å². The molecule has 1 rings (SSSR count). The van der Waals surface area contributed by atoms with Gasteiger partial charge in [0, 0.05) is 15.7 Å². The molecule has 18 heavy (non-hydrogen) atoms. The van der Waals surface area contributed by atoms with Crippen LogP contribution in [0.15, 0.2) is 18.2 Å². The van der Waals surface area contributed by atoms with Gasteiger partial charge in [-0.05, 0) is 47.2 Å². The minimum atomic E-state index is -0.0996. The van der Waals surface area contributed by atoms with Crippen molar-refractivity contribution in [3.63, 3.8) is 0 Å². The first-order chi connectivity index (χ1) is 8.58. The predicted molar refractivity (Wildman–Crippen MR) is 82.2 cm³/mol. The van der Waals surface area contributed by atoms with Crippen molar-refractivity contribution in [2.24, 2.45) is 0 Å². The maximum atomic E-state index is 12.1. The second kappa shape index (κ2) is 7.96. The van der Waals surface area contributed by atoms with Gasteiger partial charge in [0.25, 0.3) is 5.91 Å². The molecule has 0 aliphatic carbocycles. The van der Waals surface area contributed by atoms with Gasteiger partial charge in [-0.1, -0.05) is 24.9 Å². The molecule has 0 fully saturated rings. The summed E-state index contributed by atoms with van der Waals surface area (Å²) in [5, 5.41) is 3.54. The van der Waals surface area contributed by atoms with Crippen LogP contribution in [0.1, 0.15) is 30.1 Å². The van der Waals surface area contributed by atoms with E-state index in [2.05, 4.69) is 34.8 Å². The number of hydrogen-bond donors (Lipinski definition) is 1. The molecule has 1 unspecified atom stereocenters. The van der Waals surface area contributed by atoms with Crippen molar-refractivity contribution in [2.75, 3.05) is 13.7 Å². The van der Waals surface area contributed by atoms with Crippen LogP contribution in [-0.4, -0.2) is 25.7 Å². The quantitative estimate of drug-likeness (QED) is 0.766. The fourth-order valence-corrected chi connectivity index (χ4v) is 2.43. The predicted octanol–water partition coefficient (Wildman–Crippen LogP) is 3.49. The lowest BCUT2D eigenvalue weighted by Crippen LogP contribution is -2.38. The molecule has 0 heterocycles. The van der Waals surface area contributed by atoms with Gasteiger partial charge in [-0.15, -0.1) is 0 Å². The van der Waals surface area contributed by atoms with E-state index in [9.17, 15) is 4.79 Å². The van der Waals surface area contributed by atoms with Gasteiger partial charge in [-0.3, -0.25) is 4.79 Å². The van der Waals surface area contributed by atoms with E-state index in [1.54, 1.807) is 19.2 Å². The topological polar surface area (TPSA) is 38.3 Å². The fourth-order valence-electron chi connectivity index (χ4n) is 1.68. The lowest BCUT2D eigenvalue weighted by Gasteiger charge is -2.17. The molecule has 0 saturated carbocycles. The number of ether oxygens (including phenoxy) is 1. The number of benzene rings is 1. The average Bonchev–Trinajstić information content (AvgIpc) is 2.33. The van der Waals surface area contributed by atoms with E-state index >= 15 is 0 Å². The number of hydrogen-bond acceptors (Lipinski definition) is 2. The monoisotopic (exact) mass is 381 g/mol. The molecule has 3 nitrogen and oxygen atoms in total. The highest BCUT2D eigenvalue weighted by atomic mass is 127. The molecule has 0 aliphatic heterocycles. The molecule has 5 heteroatoms. The Hall–Kier alpha value is -0.330. The molecular weight excluding hydrogens is 365 g/mol. The van der Waals surface area contributed by atoms with Crippen LogP contribution in [-0.2, 0) is 4.74 Å². The van der Waals surface area contributed by atoms with E-state index in [0.29, 0.717) is 17.2 Å². The van der Waals surface area contributed by atoms with Crippen LogP contribution in [0.2, 0.25) is 5.02 Å². The Labute approximate surface area is 126 Å². The summed E-state index contributed by atoms with van der Waals surface area (Å²) < 4.78 is 6.00. The van der Waals surface area contributed by atoms with Crippen LogP contribution >= 0.6 is 34.2 Å². The fraction of sp³-hybridized carbons (Fsp3) is 0.462. The van der Waals surface area contributed by atoms with Gasteiger partial charge in [0.15, 0.2) is 0 Å². The Kier molecular flexibility index (Phi) is 6.96. The molecule has 1 amide bonds. The number of halogens is 2. The number of carbonyl (C=O) groups is 1. The number of carbonyl (C=O) groups excluding carboxylic acids is 1. The molecular formula is C13H17ClINO2. The smallest absolute Gasteiger partial charge is 0.252 e. The van der Waals surface area contributed by atoms with Gasteiger partial charge in [0.05, 0.1) is 18.2 Å². The molecule has 0 bridgehead atoms. The summed E-state index contributed by atoms with van der Waals surface area (Å²) in [4.78, 5) is 12.1. The highest BCUT2D eigenvalue weighted by molar-refractivity contribution is 14.1. The van der Waals surface area contributed by atoms with E-state index in [4.69, 9.17) is 16.3 Å². The Morgan fingerprint density at radius 3 is 2.89 bits per heavy atom. The molecule has 1 atom stereocenters. The number of methoxy groups -OCH3 is 1. The van der Waals surface area contributed by atoms with Crippen molar-refractivity contribution >= 4 is 40.1 Å². The van der Waals surface area contributed by atoms with E-state index in [0.717, 1.165) is 16.4 Å². The van der Waals surface area contributed by atoms with Crippen molar-refractivity contribution in [1.82, 2.24) is 5.32 Å². The standard InChI is InChI=1S/C13H17ClINO2/c1-3-4-10(8-18-2)16-13(17)11-7-9(14)5-6-12(11)15/h5-7,10H,3-4,8H2,1-2H3,(H,16,17). The minimum absolute atomic E-state index is 0.0438. The summed E-state index contributed by atoms with van der Waals surface area (Å²) in [6, 6.07) is 5.35. The number of nitrogens with one attached hydrogen (secondary N) is 1. The van der Waals surface area contributed by atoms with Gasteiger partial charge in [-0.25, -0.2) is 0 Å². The number of rotatable bonds is 6. The van der Waals surface area contributed by atoms with E-state index < -0.39 is 0 Å². The summed E-state index contributed by atoms with van der Waals surface area (Å²) in [7, 11) is 1.64. The van der Waals surface area contributed by atoms with Crippen LogP contribution in [0.4, 0.5) is 0 Å². The van der Waals surface area contributed by atoms with E-state index in [1.165, 1.54) is 0 Å². The summed E-state index contributed by atoms with van der Waals surface area (Å²) in [5.41, 5.74) is 0.611. The summed E-state index contributed by atoms with van der Waals surface area (Å²) in [5.74, 6) is -0.0996. The van der Waals surface area contributed by atoms with E-state index in [1.807, 2.05) is 6.07 Å². The maximum absolute atomic E-state index is 12.1. The highest BCUT2D eigenvalue weighted by Crippen LogP contribution is 2.18. The minimum Gasteiger partial charge on any atom is -0.383 e. The molecule has 0 radical (unpaired) electrons. The molecule has 0 spiro atoms. The Morgan fingerprint density at radius 1 is 1.56 bits per heavy atom. The molecule has 1 aromatic carbocycles. The molecule has 100 valence electrons. The maximum Gasteiger partial charge on any atom is 0.252 e. The zero-order valence-electron chi connectivity index (χ0n) is 10.5. The number of amides is 1. The summed E-state index contributed by atoms with van der Waals surface area (Å²) in [6.07, 6.45) is 1.90. The van der Waals surface area contributed by atoms with Crippen molar-refractivity contribution in [3.8, 4) is 0 Å². The molecule has 0 aliphatic rings. The first-order valence-electron chi connectivity index (χ1n) is 5.83. The van der Waals surface area contributed by atoms with Crippen molar-refractivity contribution in [3.05, 3.63) is 32.4 Å². The van der Waals surface area contributed by atoms with Gasteiger partial charge in [-0.2, -0.15) is 0 Å². The highest BCUT2D eigenvalue weighted by Gasteiger charge is 2.15. The SMILES string of the molecule is CCCC(COC)NC(=O)c1cc(Cl)ccc1I. The largest absolute Gasteiger partial charge is 0.383 e. The first-order valence-corrected chi connectivity index (χ1v) is 7.29. The van der Waals surface area contributed by atoms with Gasteiger partial charge >= 0.3 is 0 Å². The second-order valence-corrected chi connectivity index (χ2v) is 5.64. The van der Waals surface area contributed by atoms with Gasteiger partial charge in [0.2, 0.25) is 0 Å². The third kappa shape index (κ3) is 4.74. The van der Waals surface area contributed by atoms with Crippen LogP contribution in [0.5, 0.6) is 0 Å². The lowest BCUT2D eigenvalue weighted by molar-refractivity contribution is 0.0890. The Bertz CT molecular complexity index is 406. The Morgan fingerprint density at radius 2 is 2.28 bits per heavy atom. The summed E-state index contributed by atoms with van der Waals surface area (Å²) in [6.45, 7) is 2.61. The van der Waals surface area contributed by atoms with Crippen LogP contribution in [0, 0.1) is 3.57 Å². The first kappa shape index (κ1) is 15.7. The normalized spacial score (nSPS) is 12.2. The average molecular weight is 382 g/mol. The lowest BCUT2D eigenvalue weighted by atomic mass is 10.1. The van der Waals surface area contributed by atoms with Crippen molar-refractivity contribution in [2.45, 2.75) is 25.8 Å². The van der Waals surface area contributed by atoms with Crippen LogP contribution in [0.25, 0.3) is 0 Å². The molecule has 1 N–H and O–H groups in total. The van der Waals surface area contributed by atoms with Gasteiger partial charge in [0.1, 0.15) is 0 Å². The second-order valence-electron chi connectivity index (χ2n) is 4.04. The van der Waals surface area contributed by atoms with Crippen molar-refractivity contribution < 1.29 is 9.53 Å². The zero-order valence-corrected chi connectivity index (χ0v) is 13.4.